The first-order chi connectivity index (χ1) is 7.84. The molecule has 0 amide bonds. The third kappa shape index (κ3) is 3.80. The van der Waals surface area contributed by atoms with Gasteiger partial charge in [-0.3, -0.25) is 0 Å². The smallest absolute Gasteiger partial charge is 0.0945 e. The molecule has 1 heterocycles. The zero-order valence-electron chi connectivity index (χ0n) is 9.61. The quantitative estimate of drug-likeness (QED) is 0.634. The van der Waals surface area contributed by atoms with Crippen molar-refractivity contribution in [1.82, 2.24) is 14.9 Å². The fraction of sp³-hybridized carbons (Fsp3) is 0.750. The molecule has 1 aromatic heterocycles. The van der Waals surface area contributed by atoms with Crippen molar-refractivity contribution in [2.75, 3.05) is 6.54 Å². The number of hydrogen-bond donors (Lipinski definition) is 1. The zero-order chi connectivity index (χ0) is 11.2. The predicted octanol–water partition coefficient (Wildman–Crippen LogP) is 2.41. The molecule has 0 atom stereocenters. The summed E-state index contributed by atoms with van der Waals surface area (Å²) in [5.41, 5.74) is 0. The first kappa shape index (κ1) is 11.9. The number of alkyl halides is 1. The molecule has 3 nitrogen and oxygen atoms in total. The highest BCUT2D eigenvalue weighted by Crippen LogP contribution is 2.22. The molecule has 0 unspecified atom stereocenters. The highest BCUT2D eigenvalue weighted by molar-refractivity contribution is 6.20. The molecule has 0 aromatic carbocycles. The van der Waals surface area contributed by atoms with E-state index < -0.39 is 0 Å². The number of hydrogen-bond acceptors (Lipinski definition) is 2. The van der Waals surface area contributed by atoms with Crippen molar-refractivity contribution >= 4 is 11.6 Å². The van der Waals surface area contributed by atoms with Gasteiger partial charge in [-0.05, 0) is 38.6 Å². The number of nitrogens with one attached hydrogen (secondary N) is 1. The van der Waals surface area contributed by atoms with Gasteiger partial charge in [0.05, 0.1) is 6.33 Å². The van der Waals surface area contributed by atoms with Gasteiger partial charge in [-0.25, -0.2) is 4.98 Å². The van der Waals surface area contributed by atoms with Crippen LogP contribution in [-0.4, -0.2) is 27.5 Å². The van der Waals surface area contributed by atoms with Crippen LogP contribution in [0.3, 0.4) is 0 Å². The van der Waals surface area contributed by atoms with Crippen LogP contribution in [0.15, 0.2) is 18.7 Å². The maximum atomic E-state index is 6.07. The molecule has 1 fully saturated rings. The first-order valence-corrected chi connectivity index (χ1v) is 6.61. The minimum Gasteiger partial charge on any atom is -0.337 e. The lowest BCUT2D eigenvalue weighted by molar-refractivity contribution is 0.372. The Hall–Kier alpha value is -0.540. The first-order valence-electron chi connectivity index (χ1n) is 6.18. The summed E-state index contributed by atoms with van der Waals surface area (Å²) in [4.78, 5) is 4.03. The van der Waals surface area contributed by atoms with Gasteiger partial charge in [0.25, 0.3) is 0 Å². The fourth-order valence-corrected chi connectivity index (χ4v) is 2.50. The molecule has 0 bridgehead atoms. The Morgan fingerprint density at radius 1 is 1.31 bits per heavy atom. The lowest BCUT2D eigenvalue weighted by Gasteiger charge is -2.25. The van der Waals surface area contributed by atoms with Gasteiger partial charge >= 0.3 is 0 Å². The third-order valence-corrected chi connectivity index (χ3v) is 3.68. The molecule has 16 heavy (non-hydrogen) atoms. The second-order valence-electron chi connectivity index (χ2n) is 4.56. The lowest BCUT2D eigenvalue weighted by Crippen LogP contribution is -2.34. The Morgan fingerprint density at radius 2 is 2.12 bits per heavy atom. The molecule has 0 spiro atoms. The highest BCUT2D eigenvalue weighted by atomic mass is 35.5. The van der Waals surface area contributed by atoms with E-state index >= 15 is 0 Å². The summed E-state index contributed by atoms with van der Waals surface area (Å²) in [6, 6.07) is 0.692. The summed E-state index contributed by atoms with van der Waals surface area (Å²) in [7, 11) is 0. The normalized spacial score (nSPS) is 25.8. The molecule has 0 saturated heterocycles. The summed E-state index contributed by atoms with van der Waals surface area (Å²) in [5.74, 6) is 0. The molecular weight excluding hydrogens is 222 g/mol. The van der Waals surface area contributed by atoms with Crippen LogP contribution in [0.2, 0.25) is 0 Å². The van der Waals surface area contributed by atoms with Gasteiger partial charge < -0.3 is 9.88 Å². The number of halogens is 1. The van der Waals surface area contributed by atoms with E-state index in [1.807, 2.05) is 18.7 Å². The third-order valence-electron chi connectivity index (χ3n) is 3.24. The summed E-state index contributed by atoms with van der Waals surface area (Å²) in [6.07, 6.45) is 11.7. The number of rotatable bonds is 5. The van der Waals surface area contributed by atoms with E-state index in [4.69, 9.17) is 11.6 Å². The minimum absolute atomic E-state index is 0.420. The van der Waals surface area contributed by atoms with Crippen LogP contribution in [0.1, 0.15) is 32.1 Å². The van der Waals surface area contributed by atoms with Crippen molar-refractivity contribution in [2.45, 2.75) is 50.1 Å². The molecule has 1 aromatic rings. The SMILES string of the molecule is ClC1CCC(NCCCn2ccnc2)CC1. The maximum Gasteiger partial charge on any atom is 0.0945 e. The Labute approximate surface area is 102 Å². The van der Waals surface area contributed by atoms with E-state index in [-0.39, 0.29) is 0 Å². The average Bonchev–Trinajstić information content (AvgIpc) is 2.80. The molecule has 1 saturated carbocycles. The standard InChI is InChI=1S/C12H20ClN3/c13-11-2-4-12(5-3-11)15-6-1-8-16-9-7-14-10-16/h7,9-12,15H,1-6,8H2. The highest BCUT2D eigenvalue weighted by Gasteiger charge is 2.18. The Morgan fingerprint density at radius 3 is 2.81 bits per heavy atom. The summed E-state index contributed by atoms with van der Waals surface area (Å²) in [5, 5.41) is 4.03. The monoisotopic (exact) mass is 241 g/mol. The van der Waals surface area contributed by atoms with Crippen LogP contribution in [0.25, 0.3) is 0 Å². The maximum absolute atomic E-state index is 6.07. The molecular formula is C12H20ClN3. The van der Waals surface area contributed by atoms with Gasteiger partial charge in [-0.1, -0.05) is 0 Å². The van der Waals surface area contributed by atoms with E-state index in [0.717, 1.165) is 19.5 Å². The summed E-state index contributed by atoms with van der Waals surface area (Å²) < 4.78 is 2.12. The van der Waals surface area contributed by atoms with Gasteiger partial charge in [-0.15, -0.1) is 11.6 Å². The van der Waals surface area contributed by atoms with Gasteiger partial charge in [0.15, 0.2) is 0 Å². The van der Waals surface area contributed by atoms with Crippen LogP contribution < -0.4 is 5.32 Å². The Balaban J connectivity index is 1.55. The Bertz CT molecular complexity index is 278. The van der Waals surface area contributed by atoms with Crippen molar-refractivity contribution < 1.29 is 0 Å². The van der Waals surface area contributed by atoms with Gasteiger partial charge in [0, 0.05) is 30.4 Å². The van der Waals surface area contributed by atoms with Crippen molar-refractivity contribution in [1.29, 1.82) is 0 Å². The van der Waals surface area contributed by atoms with E-state index in [1.165, 1.54) is 25.7 Å². The number of imidazole rings is 1. The van der Waals surface area contributed by atoms with E-state index in [0.29, 0.717) is 11.4 Å². The van der Waals surface area contributed by atoms with Gasteiger partial charge in [0.1, 0.15) is 0 Å². The second-order valence-corrected chi connectivity index (χ2v) is 5.17. The molecule has 1 N–H and O–H groups in total. The zero-order valence-corrected chi connectivity index (χ0v) is 10.4. The van der Waals surface area contributed by atoms with Crippen LogP contribution in [0, 0.1) is 0 Å². The second kappa shape index (κ2) is 6.26. The lowest BCUT2D eigenvalue weighted by atomic mass is 9.95. The molecule has 0 aliphatic heterocycles. The van der Waals surface area contributed by atoms with Crippen molar-refractivity contribution in [3.63, 3.8) is 0 Å². The van der Waals surface area contributed by atoms with E-state index in [2.05, 4.69) is 14.9 Å². The number of nitrogens with zero attached hydrogens (tertiary/aromatic N) is 2. The van der Waals surface area contributed by atoms with Gasteiger partial charge in [0.2, 0.25) is 0 Å². The van der Waals surface area contributed by atoms with E-state index in [9.17, 15) is 0 Å². The molecule has 4 heteroatoms. The summed E-state index contributed by atoms with van der Waals surface area (Å²) in [6.45, 7) is 2.15. The number of aryl methyl sites for hydroxylation is 1. The van der Waals surface area contributed by atoms with Crippen LogP contribution in [0.4, 0.5) is 0 Å². The van der Waals surface area contributed by atoms with Crippen molar-refractivity contribution in [2.24, 2.45) is 0 Å². The molecule has 90 valence electrons. The fourth-order valence-electron chi connectivity index (χ4n) is 2.24. The molecule has 1 aliphatic carbocycles. The average molecular weight is 242 g/mol. The Kier molecular flexibility index (Phi) is 4.67. The van der Waals surface area contributed by atoms with E-state index in [1.54, 1.807) is 0 Å². The topological polar surface area (TPSA) is 29.9 Å². The van der Waals surface area contributed by atoms with Crippen molar-refractivity contribution in [3.8, 4) is 0 Å². The molecule has 0 radical (unpaired) electrons. The summed E-state index contributed by atoms with van der Waals surface area (Å²) >= 11 is 6.07. The van der Waals surface area contributed by atoms with Crippen LogP contribution >= 0.6 is 11.6 Å². The van der Waals surface area contributed by atoms with Gasteiger partial charge in [-0.2, -0.15) is 0 Å². The van der Waals surface area contributed by atoms with Crippen LogP contribution in [0.5, 0.6) is 0 Å². The van der Waals surface area contributed by atoms with Crippen LogP contribution in [-0.2, 0) is 6.54 Å². The predicted molar refractivity (Wildman–Crippen MR) is 66.7 cm³/mol. The van der Waals surface area contributed by atoms with Crippen molar-refractivity contribution in [3.05, 3.63) is 18.7 Å². The minimum atomic E-state index is 0.420. The molecule has 1 aliphatic rings. The molecule has 2 rings (SSSR count). The largest absolute Gasteiger partial charge is 0.337 e. The number of aromatic nitrogens is 2.